The number of anilines is 1. The first-order valence-corrected chi connectivity index (χ1v) is 5.68. The Balaban J connectivity index is 2.31. The van der Waals surface area contributed by atoms with Gasteiger partial charge in [-0.05, 0) is 31.4 Å². The Kier molecular flexibility index (Phi) is 2.07. The molecule has 1 aliphatic carbocycles. The van der Waals surface area contributed by atoms with Crippen molar-refractivity contribution in [3.05, 3.63) is 23.8 Å². The molecule has 0 amide bonds. The molecule has 0 aliphatic heterocycles. The summed E-state index contributed by atoms with van der Waals surface area (Å²) in [5.41, 5.74) is 7.48. The fourth-order valence-electron chi connectivity index (χ4n) is 2.35. The Bertz CT molecular complexity index is 599. The second-order valence-corrected chi connectivity index (χ2v) is 4.40. The number of aromatic carboxylic acids is 1. The van der Waals surface area contributed by atoms with E-state index in [1.165, 1.54) is 6.42 Å². The fourth-order valence-corrected chi connectivity index (χ4v) is 2.35. The van der Waals surface area contributed by atoms with Crippen LogP contribution in [0.25, 0.3) is 11.0 Å². The quantitative estimate of drug-likeness (QED) is 0.828. The van der Waals surface area contributed by atoms with Crippen molar-refractivity contribution in [1.82, 2.24) is 9.55 Å². The van der Waals surface area contributed by atoms with Crippen molar-refractivity contribution in [3.63, 3.8) is 0 Å². The fraction of sp³-hybridized carbons (Fsp3) is 0.333. The number of benzene rings is 1. The standard InChI is InChI=1S/C12H13N3O2/c13-12-14-9-6-2-5-8(11(16)17)10(9)15(12)7-3-1-4-7/h2,5-7H,1,3-4H2,(H2,13,14)(H,16,17). The minimum Gasteiger partial charge on any atom is -0.478 e. The van der Waals surface area contributed by atoms with Crippen LogP contribution < -0.4 is 5.73 Å². The van der Waals surface area contributed by atoms with E-state index in [1.54, 1.807) is 18.2 Å². The Morgan fingerprint density at radius 3 is 2.82 bits per heavy atom. The number of nitrogen functional groups attached to an aromatic ring is 1. The molecule has 1 saturated carbocycles. The van der Waals surface area contributed by atoms with Crippen molar-refractivity contribution < 1.29 is 9.90 Å². The van der Waals surface area contributed by atoms with Crippen LogP contribution >= 0.6 is 0 Å². The molecule has 1 aromatic heterocycles. The van der Waals surface area contributed by atoms with E-state index < -0.39 is 5.97 Å². The second kappa shape index (κ2) is 3.48. The smallest absolute Gasteiger partial charge is 0.337 e. The molecule has 1 aromatic carbocycles. The van der Waals surface area contributed by atoms with Crippen LogP contribution in [0.4, 0.5) is 5.95 Å². The SMILES string of the molecule is Nc1nc2cccc(C(=O)O)c2n1C1CCC1. The largest absolute Gasteiger partial charge is 0.478 e. The predicted molar refractivity (Wildman–Crippen MR) is 64.0 cm³/mol. The lowest BCUT2D eigenvalue weighted by atomic mass is 9.92. The van der Waals surface area contributed by atoms with Crippen molar-refractivity contribution >= 4 is 23.0 Å². The lowest BCUT2D eigenvalue weighted by molar-refractivity contribution is 0.0698. The number of carboxylic acids is 1. The first kappa shape index (κ1) is 10.1. The van der Waals surface area contributed by atoms with Crippen LogP contribution in [-0.2, 0) is 0 Å². The Morgan fingerprint density at radius 1 is 1.47 bits per heavy atom. The van der Waals surface area contributed by atoms with Crippen LogP contribution in [0.15, 0.2) is 18.2 Å². The summed E-state index contributed by atoms with van der Waals surface area (Å²) in [4.78, 5) is 15.5. The molecule has 0 bridgehead atoms. The van der Waals surface area contributed by atoms with Gasteiger partial charge in [0.1, 0.15) is 0 Å². The van der Waals surface area contributed by atoms with Crippen LogP contribution in [0.3, 0.4) is 0 Å². The van der Waals surface area contributed by atoms with Gasteiger partial charge in [-0.1, -0.05) is 6.07 Å². The molecule has 0 radical (unpaired) electrons. The zero-order valence-electron chi connectivity index (χ0n) is 9.26. The molecule has 0 spiro atoms. The number of hydrogen-bond acceptors (Lipinski definition) is 3. The van der Waals surface area contributed by atoms with E-state index in [9.17, 15) is 9.90 Å². The number of fused-ring (bicyclic) bond motifs is 1. The van der Waals surface area contributed by atoms with E-state index >= 15 is 0 Å². The summed E-state index contributed by atoms with van der Waals surface area (Å²) in [6, 6.07) is 5.40. The number of aromatic nitrogens is 2. The molecule has 5 nitrogen and oxygen atoms in total. The average molecular weight is 231 g/mol. The van der Waals surface area contributed by atoms with Gasteiger partial charge >= 0.3 is 5.97 Å². The summed E-state index contributed by atoms with van der Waals surface area (Å²) in [6.45, 7) is 0. The highest BCUT2D eigenvalue weighted by Gasteiger charge is 2.26. The molecule has 3 rings (SSSR count). The predicted octanol–water partition coefficient (Wildman–Crippen LogP) is 2.04. The number of rotatable bonds is 2. The third-order valence-corrected chi connectivity index (χ3v) is 3.41. The summed E-state index contributed by atoms with van der Waals surface area (Å²) >= 11 is 0. The average Bonchev–Trinajstić information content (AvgIpc) is 2.53. The zero-order chi connectivity index (χ0) is 12.0. The molecule has 88 valence electrons. The highest BCUT2D eigenvalue weighted by molar-refractivity contribution is 6.01. The Hall–Kier alpha value is -2.04. The number of imidazole rings is 1. The summed E-state index contributed by atoms with van der Waals surface area (Å²) < 4.78 is 1.88. The summed E-state index contributed by atoms with van der Waals surface area (Å²) in [7, 11) is 0. The summed E-state index contributed by atoms with van der Waals surface area (Å²) in [5, 5.41) is 9.21. The van der Waals surface area contributed by atoms with E-state index in [2.05, 4.69) is 4.98 Å². The van der Waals surface area contributed by atoms with Gasteiger partial charge in [0.25, 0.3) is 0 Å². The van der Waals surface area contributed by atoms with Gasteiger partial charge in [0.15, 0.2) is 0 Å². The number of carboxylic acid groups (broad SMARTS) is 1. The van der Waals surface area contributed by atoms with Gasteiger partial charge < -0.3 is 15.4 Å². The maximum Gasteiger partial charge on any atom is 0.337 e. The second-order valence-electron chi connectivity index (χ2n) is 4.40. The van der Waals surface area contributed by atoms with Gasteiger partial charge in [0.2, 0.25) is 5.95 Å². The molecule has 17 heavy (non-hydrogen) atoms. The monoisotopic (exact) mass is 231 g/mol. The maximum absolute atomic E-state index is 11.2. The number of carbonyl (C=O) groups is 1. The molecule has 0 atom stereocenters. The van der Waals surface area contributed by atoms with Gasteiger partial charge in [-0.15, -0.1) is 0 Å². The maximum atomic E-state index is 11.2. The molecular formula is C12H13N3O2. The van der Waals surface area contributed by atoms with E-state index in [-0.39, 0.29) is 5.56 Å². The van der Waals surface area contributed by atoms with Crippen molar-refractivity contribution in [3.8, 4) is 0 Å². The van der Waals surface area contributed by atoms with Crippen molar-refractivity contribution in [2.24, 2.45) is 0 Å². The minimum absolute atomic E-state index is 0.276. The molecule has 3 N–H and O–H groups in total. The number of hydrogen-bond donors (Lipinski definition) is 2. The number of nitrogens with two attached hydrogens (primary N) is 1. The third-order valence-electron chi connectivity index (χ3n) is 3.41. The van der Waals surface area contributed by atoms with Gasteiger partial charge in [0.05, 0.1) is 16.6 Å². The van der Waals surface area contributed by atoms with Gasteiger partial charge in [-0.2, -0.15) is 0 Å². The lowest BCUT2D eigenvalue weighted by Crippen LogP contribution is -2.19. The topological polar surface area (TPSA) is 81.1 Å². The highest BCUT2D eigenvalue weighted by atomic mass is 16.4. The summed E-state index contributed by atoms with van der Waals surface area (Å²) in [6.07, 6.45) is 3.26. The van der Waals surface area contributed by atoms with Crippen molar-refractivity contribution in [2.45, 2.75) is 25.3 Å². The van der Waals surface area contributed by atoms with Crippen LogP contribution in [0.5, 0.6) is 0 Å². The van der Waals surface area contributed by atoms with E-state index in [4.69, 9.17) is 5.73 Å². The van der Waals surface area contributed by atoms with Crippen LogP contribution in [0.2, 0.25) is 0 Å². The highest BCUT2D eigenvalue weighted by Crippen LogP contribution is 2.37. The van der Waals surface area contributed by atoms with E-state index in [0.29, 0.717) is 23.0 Å². The first-order valence-electron chi connectivity index (χ1n) is 5.68. The van der Waals surface area contributed by atoms with Gasteiger partial charge in [-0.3, -0.25) is 0 Å². The molecule has 1 aliphatic rings. The van der Waals surface area contributed by atoms with Crippen molar-refractivity contribution in [2.75, 3.05) is 5.73 Å². The third kappa shape index (κ3) is 1.39. The van der Waals surface area contributed by atoms with E-state index in [0.717, 1.165) is 12.8 Å². The summed E-state index contributed by atoms with van der Waals surface area (Å²) in [5.74, 6) is -0.519. The van der Waals surface area contributed by atoms with Gasteiger partial charge in [-0.25, -0.2) is 9.78 Å². The zero-order valence-corrected chi connectivity index (χ0v) is 9.26. The minimum atomic E-state index is -0.934. The van der Waals surface area contributed by atoms with Crippen LogP contribution in [-0.4, -0.2) is 20.6 Å². The number of nitrogens with zero attached hydrogens (tertiary/aromatic N) is 2. The first-order chi connectivity index (χ1) is 8.18. The molecule has 5 heteroatoms. The Morgan fingerprint density at radius 2 is 2.24 bits per heavy atom. The molecule has 2 aromatic rings. The van der Waals surface area contributed by atoms with Crippen LogP contribution in [0.1, 0.15) is 35.7 Å². The molecule has 1 heterocycles. The molecular weight excluding hydrogens is 218 g/mol. The van der Waals surface area contributed by atoms with Gasteiger partial charge in [0, 0.05) is 6.04 Å². The number of para-hydroxylation sites is 1. The van der Waals surface area contributed by atoms with Crippen molar-refractivity contribution in [1.29, 1.82) is 0 Å². The molecule has 1 fully saturated rings. The lowest BCUT2D eigenvalue weighted by Gasteiger charge is -2.28. The van der Waals surface area contributed by atoms with E-state index in [1.807, 2.05) is 4.57 Å². The Labute approximate surface area is 97.9 Å². The molecule has 0 unspecified atom stereocenters. The molecule has 0 saturated heterocycles. The normalized spacial score (nSPS) is 16.0. The van der Waals surface area contributed by atoms with Crippen LogP contribution in [0, 0.1) is 0 Å².